The second kappa shape index (κ2) is 6.82. The van der Waals surface area contributed by atoms with Gasteiger partial charge in [0.15, 0.2) is 5.01 Å². The summed E-state index contributed by atoms with van der Waals surface area (Å²) < 4.78 is 0. The van der Waals surface area contributed by atoms with Gasteiger partial charge in [0.1, 0.15) is 0 Å². The van der Waals surface area contributed by atoms with Gasteiger partial charge < -0.3 is 0 Å². The first-order valence-corrected chi connectivity index (χ1v) is 7.01. The van der Waals surface area contributed by atoms with Gasteiger partial charge in [-0.15, -0.1) is 11.3 Å². The Bertz CT molecular complexity index is 389. The van der Waals surface area contributed by atoms with Crippen molar-refractivity contribution in [1.82, 2.24) is 15.3 Å². The third-order valence-corrected chi connectivity index (χ3v) is 3.46. The predicted octanol–water partition coefficient (Wildman–Crippen LogP) is 1.61. The summed E-state index contributed by atoms with van der Waals surface area (Å²) in [7, 11) is 0. The first-order valence-electron chi connectivity index (χ1n) is 6.13. The van der Waals surface area contributed by atoms with E-state index in [4.69, 9.17) is 5.84 Å². The highest BCUT2D eigenvalue weighted by molar-refractivity contribution is 7.11. The number of hydrogen-bond acceptors (Lipinski definition) is 5. The number of rotatable bonds is 6. The van der Waals surface area contributed by atoms with Crippen molar-refractivity contribution in [3.05, 3.63) is 16.1 Å². The number of nitrogens with one attached hydrogen (secondary N) is 1. The van der Waals surface area contributed by atoms with E-state index in [0.717, 1.165) is 18.8 Å². The summed E-state index contributed by atoms with van der Waals surface area (Å²) in [5.74, 6) is 5.37. The average molecular weight is 270 g/mol. The number of hydrazine groups is 1. The van der Waals surface area contributed by atoms with Crippen molar-refractivity contribution in [2.24, 2.45) is 11.8 Å². The molecular formula is C12H22N4OS. The van der Waals surface area contributed by atoms with Crippen molar-refractivity contribution in [1.29, 1.82) is 0 Å². The van der Waals surface area contributed by atoms with Crippen molar-refractivity contribution in [2.75, 3.05) is 6.54 Å². The van der Waals surface area contributed by atoms with Crippen LogP contribution in [0.25, 0.3) is 0 Å². The zero-order chi connectivity index (χ0) is 13.7. The SMILES string of the molecule is CC(C)CN(Cc1csc(C(=O)NN)n1)C(C)C. The fourth-order valence-corrected chi connectivity index (χ4v) is 2.39. The zero-order valence-electron chi connectivity index (χ0n) is 11.4. The largest absolute Gasteiger partial charge is 0.295 e. The molecule has 18 heavy (non-hydrogen) atoms. The number of nitrogens with two attached hydrogens (primary N) is 1. The van der Waals surface area contributed by atoms with Crippen molar-refractivity contribution in [3.63, 3.8) is 0 Å². The standard InChI is InChI=1S/C12H22N4OS/c1-8(2)5-16(9(3)4)6-10-7-18-12(14-10)11(17)15-13/h7-9H,5-6,13H2,1-4H3,(H,15,17). The lowest BCUT2D eigenvalue weighted by Crippen LogP contribution is -2.34. The average Bonchev–Trinajstić information content (AvgIpc) is 2.75. The minimum absolute atomic E-state index is 0.328. The number of hydrogen-bond donors (Lipinski definition) is 2. The van der Waals surface area contributed by atoms with Crippen molar-refractivity contribution < 1.29 is 4.79 Å². The number of carbonyl (C=O) groups excluding carboxylic acids is 1. The summed E-state index contributed by atoms with van der Waals surface area (Å²) in [5, 5.41) is 2.33. The van der Waals surface area contributed by atoms with Gasteiger partial charge in [-0.05, 0) is 19.8 Å². The van der Waals surface area contributed by atoms with Crippen LogP contribution in [0.4, 0.5) is 0 Å². The predicted molar refractivity (Wildman–Crippen MR) is 74.2 cm³/mol. The summed E-state index contributed by atoms with van der Waals surface area (Å²) in [6, 6.07) is 0.459. The molecule has 0 aromatic carbocycles. The number of aromatic nitrogens is 1. The number of nitrogen functional groups attached to an aromatic ring is 1. The molecule has 3 N–H and O–H groups in total. The van der Waals surface area contributed by atoms with Crippen LogP contribution in [0.2, 0.25) is 0 Å². The van der Waals surface area contributed by atoms with E-state index >= 15 is 0 Å². The molecule has 1 amide bonds. The summed E-state index contributed by atoms with van der Waals surface area (Å²) in [6.45, 7) is 10.5. The van der Waals surface area contributed by atoms with Gasteiger partial charge in [0.05, 0.1) is 5.69 Å². The summed E-state index contributed by atoms with van der Waals surface area (Å²) in [4.78, 5) is 18.0. The molecule has 6 heteroatoms. The third kappa shape index (κ3) is 4.36. The van der Waals surface area contributed by atoms with E-state index in [2.05, 4.69) is 43.0 Å². The Kier molecular flexibility index (Phi) is 5.71. The highest BCUT2D eigenvalue weighted by Crippen LogP contribution is 2.14. The highest BCUT2D eigenvalue weighted by atomic mass is 32.1. The lowest BCUT2D eigenvalue weighted by atomic mass is 10.1. The molecule has 0 saturated heterocycles. The first kappa shape index (κ1) is 15.1. The van der Waals surface area contributed by atoms with Gasteiger partial charge in [-0.25, -0.2) is 10.8 Å². The van der Waals surface area contributed by atoms with E-state index in [9.17, 15) is 4.79 Å². The molecule has 5 nitrogen and oxygen atoms in total. The molecule has 1 heterocycles. The van der Waals surface area contributed by atoms with Gasteiger partial charge in [-0.1, -0.05) is 13.8 Å². The summed E-state index contributed by atoms with van der Waals surface area (Å²) in [5.41, 5.74) is 3.02. The molecule has 0 aliphatic carbocycles. The third-order valence-electron chi connectivity index (χ3n) is 2.57. The minimum atomic E-state index is -0.328. The van der Waals surface area contributed by atoms with Crippen molar-refractivity contribution >= 4 is 17.2 Å². The van der Waals surface area contributed by atoms with Gasteiger partial charge in [-0.3, -0.25) is 15.1 Å². The zero-order valence-corrected chi connectivity index (χ0v) is 12.3. The maximum absolute atomic E-state index is 11.3. The van der Waals surface area contributed by atoms with Crippen LogP contribution in [0.15, 0.2) is 5.38 Å². The molecule has 0 unspecified atom stereocenters. The highest BCUT2D eigenvalue weighted by Gasteiger charge is 2.15. The van der Waals surface area contributed by atoms with Gasteiger partial charge in [0, 0.05) is 24.5 Å². The Hall–Kier alpha value is -0.980. The molecule has 0 spiro atoms. The van der Waals surface area contributed by atoms with Crippen LogP contribution in [0.3, 0.4) is 0 Å². The Morgan fingerprint density at radius 1 is 1.50 bits per heavy atom. The number of amides is 1. The Morgan fingerprint density at radius 3 is 2.67 bits per heavy atom. The summed E-state index contributed by atoms with van der Waals surface area (Å²) in [6.07, 6.45) is 0. The Balaban J connectivity index is 2.69. The van der Waals surface area contributed by atoms with Crippen molar-refractivity contribution in [3.8, 4) is 0 Å². The quantitative estimate of drug-likeness (QED) is 0.468. The van der Waals surface area contributed by atoms with Crippen LogP contribution in [-0.2, 0) is 6.54 Å². The molecule has 0 aliphatic heterocycles. The molecule has 0 radical (unpaired) electrons. The lowest BCUT2D eigenvalue weighted by Gasteiger charge is -2.27. The Morgan fingerprint density at radius 2 is 2.17 bits per heavy atom. The van der Waals surface area contributed by atoms with E-state index in [0.29, 0.717) is 17.0 Å². The summed E-state index contributed by atoms with van der Waals surface area (Å²) >= 11 is 1.32. The van der Waals surface area contributed by atoms with Crippen LogP contribution in [0.5, 0.6) is 0 Å². The van der Waals surface area contributed by atoms with Crippen LogP contribution in [0.1, 0.15) is 43.2 Å². The smallest absolute Gasteiger partial charge is 0.294 e. The van der Waals surface area contributed by atoms with Crippen LogP contribution < -0.4 is 11.3 Å². The van der Waals surface area contributed by atoms with E-state index in [1.165, 1.54) is 11.3 Å². The van der Waals surface area contributed by atoms with Gasteiger partial charge in [0.25, 0.3) is 5.91 Å². The molecule has 0 aliphatic rings. The molecule has 0 saturated carbocycles. The van der Waals surface area contributed by atoms with Gasteiger partial charge >= 0.3 is 0 Å². The normalized spacial score (nSPS) is 11.6. The van der Waals surface area contributed by atoms with Crippen LogP contribution >= 0.6 is 11.3 Å². The van der Waals surface area contributed by atoms with Gasteiger partial charge in [-0.2, -0.15) is 0 Å². The Labute approximate surface area is 112 Å². The first-order chi connectivity index (χ1) is 8.43. The second-order valence-corrected chi connectivity index (χ2v) is 5.89. The second-order valence-electron chi connectivity index (χ2n) is 5.03. The maximum Gasteiger partial charge on any atom is 0.294 e. The van der Waals surface area contributed by atoms with Crippen LogP contribution in [-0.4, -0.2) is 28.4 Å². The van der Waals surface area contributed by atoms with E-state index in [1.807, 2.05) is 5.38 Å². The number of thiazole rings is 1. The molecule has 1 aromatic heterocycles. The molecule has 0 bridgehead atoms. The molecule has 0 atom stereocenters. The molecule has 102 valence electrons. The minimum Gasteiger partial charge on any atom is -0.295 e. The fourth-order valence-electron chi connectivity index (χ4n) is 1.68. The topological polar surface area (TPSA) is 71.2 Å². The van der Waals surface area contributed by atoms with Crippen LogP contribution in [0, 0.1) is 5.92 Å². The fraction of sp³-hybridized carbons (Fsp3) is 0.667. The molecule has 0 fully saturated rings. The lowest BCUT2D eigenvalue weighted by molar-refractivity contribution is 0.0952. The van der Waals surface area contributed by atoms with E-state index < -0.39 is 0 Å². The maximum atomic E-state index is 11.3. The van der Waals surface area contributed by atoms with E-state index in [1.54, 1.807) is 0 Å². The van der Waals surface area contributed by atoms with Gasteiger partial charge in [0.2, 0.25) is 0 Å². The monoisotopic (exact) mass is 270 g/mol. The molecular weight excluding hydrogens is 248 g/mol. The number of nitrogens with zero attached hydrogens (tertiary/aromatic N) is 2. The number of carbonyl (C=O) groups is 1. The molecule has 1 rings (SSSR count). The molecule has 1 aromatic rings. The van der Waals surface area contributed by atoms with Crippen molar-refractivity contribution in [2.45, 2.75) is 40.3 Å². The van der Waals surface area contributed by atoms with E-state index in [-0.39, 0.29) is 5.91 Å².